The van der Waals surface area contributed by atoms with E-state index in [0.29, 0.717) is 0 Å². The van der Waals surface area contributed by atoms with Crippen LogP contribution >= 0.6 is 0 Å². The van der Waals surface area contributed by atoms with Gasteiger partial charge in [0.1, 0.15) is 5.82 Å². The molecule has 0 aliphatic carbocycles. The lowest BCUT2D eigenvalue weighted by Gasteiger charge is -2.18. The number of anilines is 1. The molecule has 0 saturated heterocycles. The summed E-state index contributed by atoms with van der Waals surface area (Å²) in [6, 6.07) is 12.7. The van der Waals surface area contributed by atoms with Crippen molar-refractivity contribution >= 4 is 5.82 Å². The lowest BCUT2D eigenvalue weighted by atomic mass is 10.1. The molecule has 0 aliphatic heterocycles. The largest absolute Gasteiger partial charge is 0.373 e. The normalized spacial score (nSPS) is 10.7. The van der Waals surface area contributed by atoms with Gasteiger partial charge in [0.05, 0.1) is 0 Å². The fourth-order valence-corrected chi connectivity index (χ4v) is 2.16. The van der Waals surface area contributed by atoms with Gasteiger partial charge in [0.2, 0.25) is 0 Å². The van der Waals surface area contributed by atoms with Crippen molar-refractivity contribution in [2.45, 2.75) is 20.0 Å². The molecule has 19 heavy (non-hydrogen) atoms. The summed E-state index contributed by atoms with van der Waals surface area (Å²) >= 11 is 0. The van der Waals surface area contributed by atoms with Gasteiger partial charge >= 0.3 is 0 Å². The number of aryl methyl sites for hydroxylation is 1. The summed E-state index contributed by atoms with van der Waals surface area (Å²) in [5.74, 6) is 0.918. The van der Waals surface area contributed by atoms with Crippen molar-refractivity contribution in [2.24, 2.45) is 0 Å². The molecule has 0 atom stereocenters. The first-order valence-corrected chi connectivity index (χ1v) is 6.55. The average molecular weight is 255 g/mol. The summed E-state index contributed by atoms with van der Waals surface area (Å²) in [5, 5.41) is 3.07. The first kappa shape index (κ1) is 13.6. The Balaban J connectivity index is 2.01. The summed E-state index contributed by atoms with van der Waals surface area (Å²) in [6.45, 7) is 4.05. The fourth-order valence-electron chi connectivity index (χ4n) is 2.16. The third kappa shape index (κ3) is 3.80. The van der Waals surface area contributed by atoms with E-state index in [1.807, 2.05) is 13.2 Å². The third-order valence-electron chi connectivity index (χ3n) is 3.23. The standard InChI is InChI=1S/C16H21N3/c1-13-6-4-5-7-15(13)12-19(3)11-14-8-9-18-16(10-14)17-2/h4-10H,11-12H2,1-3H3,(H,17,18). The maximum absolute atomic E-state index is 4.23. The molecule has 0 radical (unpaired) electrons. The summed E-state index contributed by atoms with van der Waals surface area (Å²) in [7, 11) is 4.04. The number of nitrogens with one attached hydrogen (secondary N) is 1. The number of hydrogen-bond acceptors (Lipinski definition) is 3. The van der Waals surface area contributed by atoms with Crippen LogP contribution in [0.2, 0.25) is 0 Å². The van der Waals surface area contributed by atoms with Crippen molar-refractivity contribution < 1.29 is 0 Å². The van der Waals surface area contributed by atoms with Crippen LogP contribution in [0.3, 0.4) is 0 Å². The first-order valence-electron chi connectivity index (χ1n) is 6.55. The third-order valence-corrected chi connectivity index (χ3v) is 3.23. The molecule has 0 aliphatic rings. The summed E-state index contributed by atoms with van der Waals surface area (Å²) in [5.41, 5.74) is 4.00. The molecule has 1 N–H and O–H groups in total. The Bertz CT molecular complexity index is 537. The molecule has 1 aromatic carbocycles. The second-order valence-electron chi connectivity index (χ2n) is 4.90. The molecular formula is C16H21N3. The SMILES string of the molecule is CNc1cc(CN(C)Cc2ccccc2C)ccn1. The molecule has 0 saturated carbocycles. The molecule has 0 spiro atoms. The first-order chi connectivity index (χ1) is 9.19. The second kappa shape index (κ2) is 6.34. The van der Waals surface area contributed by atoms with Crippen molar-refractivity contribution in [1.82, 2.24) is 9.88 Å². The molecule has 3 heteroatoms. The number of pyridine rings is 1. The number of hydrogen-bond donors (Lipinski definition) is 1. The zero-order valence-corrected chi connectivity index (χ0v) is 11.9. The molecule has 0 bridgehead atoms. The lowest BCUT2D eigenvalue weighted by molar-refractivity contribution is 0.318. The van der Waals surface area contributed by atoms with E-state index in [4.69, 9.17) is 0 Å². The van der Waals surface area contributed by atoms with Gasteiger partial charge in [-0.15, -0.1) is 0 Å². The Kier molecular flexibility index (Phi) is 4.53. The maximum atomic E-state index is 4.23. The summed E-state index contributed by atoms with van der Waals surface area (Å²) < 4.78 is 0. The minimum absolute atomic E-state index is 0.918. The summed E-state index contributed by atoms with van der Waals surface area (Å²) in [4.78, 5) is 6.55. The van der Waals surface area contributed by atoms with Crippen molar-refractivity contribution in [3.8, 4) is 0 Å². The van der Waals surface area contributed by atoms with Gasteiger partial charge in [-0.05, 0) is 42.8 Å². The Morgan fingerprint density at radius 2 is 1.95 bits per heavy atom. The van der Waals surface area contributed by atoms with E-state index in [1.165, 1.54) is 16.7 Å². The van der Waals surface area contributed by atoms with Crippen LogP contribution in [0, 0.1) is 6.92 Å². The number of aromatic nitrogens is 1. The van der Waals surface area contributed by atoms with Crippen LogP contribution < -0.4 is 5.32 Å². The minimum Gasteiger partial charge on any atom is -0.373 e. The zero-order chi connectivity index (χ0) is 13.7. The van der Waals surface area contributed by atoms with Crippen molar-refractivity contribution in [2.75, 3.05) is 19.4 Å². The van der Waals surface area contributed by atoms with E-state index in [0.717, 1.165) is 18.9 Å². The second-order valence-corrected chi connectivity index (χ2v) is 4.90. The van der Waals surface area contributed by atoms with Gasteiger partial charge in [-0.3, -0.25) is 4.90 Å². The van der Waals surface area contributed by atoms with Crippen LogP contribution in [0.5, 0.6) is 0 Å². The molecule has 100 valence electrons. The molecule has 1 aromatic heterocycles. The molecule has 1 heterocycles. The Morgan fingerprint density at radius 3 is 2.68 bits per heavy atom. The van der Waals surface area contributed by atoms with E-state index in [-0.39, 0.29) is 0 Å². The van der Waals surface area contributed by atoms with Crippen LogP contribution in [0.1, 0.15) is 16.7 Å². The van der Waals surface area contributed by atoms with E-state index in [2.05, 4.69) is 65.6 Å². The molecule has 0 unspecified atom stereocenters. The maximum Gasteiger partial charge on any atom is 0.125 e. The predicted molar refractivity (Wildman–Crippen MR) is 80.1 cm³/mol. The lowest BCUT2D eigenvalue weighted by Crippen LogP contribution is -2.18. The van der Waals surface area contributed by atoms with Gasteiger partial charge < -0.3 is 5.32 Å². The highest BCUT2D eigenvalue weighted by atomic mass is 15.1. The van der Waals surface area contributed by atoms with Crippen LogP contribution in [-0.2, 0) is 13.1 Å². The number of nitrogens with zero attached hydrogens (tertiary/aromatic N) is 2. The smallest absolute Gasteiger partial charge is 0.125 e. The van der Waals surface area contributed by atoms with Gasteiger partial charge in [0, 0.05) is 26.3 Å². The van der Waals surface area contributed by atoms with E-state index < -0.39 is 0 Å². The van der Waals surface area contributed by atoms with Gasteiger partial charge in [-0.25, -0.2) is 4.98 Å². The highest BCUT2D eigenvalue weighted by molar-refractivity contribution is 5.36. The van der Waals surface area contributed by atoms with Crippen LogP contribution in [0.25, 0.3) is 0 Å². The molecule has 2 rings (SSSR count). The van der Waals surface area contributed by atoms with Crippen molar-refractivity contribution in [3.63, 3.8) is 0 Å². The van der Waals surface area contributed by atoms with E-state index in [9.17, 15) is 0 Å². The molecule has 2 aromatic rings. The Labute approximate surface area is 115 Å². The number of rotatable bonds is 5. The fraction of sp³-hybridized carbons (Fsp3) is 0.312. The van der Waals surface area contributed by atoms with Crippen LogP contribution in [0.4, 0.5) is 5.82 Å². The minimum atomic E-state index is 0.918. The van der Waals surface area contributed by atoms with Gasteiger partial charge in [0.25, 0.3) is 0 Å². The Morgan fingerprint density at radius 1 is 1.16 bits per heavy atom. The average Bonchev–Trinajstić information content (AvgIpc) is 2.41. The predicted octanol–water partition coefficient (Wildman–Crippen LogP) is 3.06. The van der Waals surface area contributed by atoms with Gasteiger partial charge in [-0.1, -0.05) is 24.3 Å². The highest BCUT2D eigenvalue weighted by Gasteiger charge is 2.04. The number of benzene rings is 1. The Hall–Kier alpha value is -1.87. The highest BCUT2D eigenvalue weighted by Crippen LogP contribution is 2.13. The molecular weight excluding hydrogens is 234 g/mol. The van der Waals surface area contributed by atoms with E-state index >= 15 is 0 Å². The van der Waals surface area contributed by atoms with Gasteiger partial charge in [-0.2, -0.15) is 0 Å². The zero-order valence-electron chi connectivity index (χ0n) is 11.9. The molecule has 0 fully saturated rings. The van der Waals surface area contributed by atoms with E-state index in [1.54, 1.807) is 0 Å². The monoisotopic (exact) mass is 255 g/mol. The van der Waals surface area contributed by atoms with Crippen LogP contribution in [0.15, 0.2) is 42.6 Å². The van der Waals surface area contributed by atoms with Gasteiger partial charge in [0.15, 0.2) is 0 Å². The van der Waals surface area contributed by atoms with Crippen molar-refractivity contribution in [3.05, 3.63) is 59.3 Å². The molecule has 0 amide bonds. The summed E-state index contributed by atoms with van der Waals surface area (Å²) in [6.07, 6.45) is 1.85. The molecule has 3 nitrogen and oxygen atoms in total. The van der Waals surface area contributed by atoms with Crippen molar-refractivity contribution in [1.29, 1.82) is 0 Å². The quantitative estimate of drug-likeness (QED) is 0.890. The van der Waals surface area contributed by atoms with Crippen LogP contribution in [-0.4, -0.2) is 24.0 Å². The topological polar surface area (TPSA) is 28.2 Å².